The van der Waals surface area contributed by atoms with Gasteiger partial charge in [0, 0.05) is 21.8 Å². The number of nitrogens with zero attached hydrogens (tertiary/aromatic N) is 1. The number of hydrogen-bond acceptors (Lipinski definition) is 3. The van der Waals surface area contributed by atoms with E-state index < -0.39 is 5.97 Å². The second-order valence-corrected chi connectivity index (χ2v) is 4.58. The van der Waals surface area contributed by atoms with Gasteiger partial charge in [0.25, 0.3) is 0 Å². The molecule has 0 fully saturated rings. The predicted octanol–water partition coefficient (Wildman–Crippen LogP) is 3.67. The Morgan fingerprint density at radius 2 is 1.95 bits per heavy atom. The summed E-state index contributed by atoms with van der Waals surface area (Å²) >= 11 is 11.7. The molecular weight excluding hydrogens is 289 g/mol. The molecule has 0 aliphatic carbocycles. The lowest BCUT2D eigenvalue weighted by molar-refractivity contribution is 0.0687. The van der Waals surface area contributed by atoms with Crippen LogP contribution in [-0.2, 0) is 6.61 Å². The average Bonchev–Trinajstić information content (AvgIpc) is 2.35. The van der Waals surface area contributed by atoms with Gasteiger partial charge in [-0.1, -0.05) is 29.3 Å². The van der Waals surface area contributed by atoms with Crippen molar-refractivity contribution in [2.45, 2.75) is 6.61 Å². The summed E-state index contributed by atoms with van der Waals surface area (Å²) in [4.78, 5) is 14.8. The number of carboxylic acids is 1. The summed E-state index contributed by atoms with van der Waals surface area (Å²) in [6.07, 6.45) is 1.42. The van der Waals surface area contributed by atoms with E-state index >= 15 is 0 Å². The van der Waals surface area contributed by atoms with E-state index in [0.29, 0.717) is 21.4 Å². The molecule has 0 saturated heterocycles. The molecule has 0 aliphatic rings. The zero-order valence-corrected chi connectivity index (χ0v) is 11.1. The van der Waals surface area contributed by atoms with Crippen LogP contribution >= 0.6 is 23.2 Å². The first-order valence-corrected chi connectivity index (χ1v) is 6.08. The first-order chi connectivity index (χ1) is 9.06. The highest BCUT2D eigenvalue weighted by Gasteiger charge is 2.11. The number of aromatic carboxylic acids is 1. The van der Waals surface area contributed by atoms with E-state index in [1.54, 1.807) is 30.3 Å². The molecule has 1 heterocycles. The minimum absolute atomic E-state index is 0.0318. The minimum atomic E-state index is -1.09. The highest BCUT2D eigenvalue weighted by Crippen LogP contribution is 2.25. The maximum absolute atomic E-state index is 11.0. The Morgan fingerprint density at radius 1 is 1.26 bits per heavy atom. The van der Waals surface area contributed by atoms with Crippen molar-refractivity contribution < 1.29 is 14.6 Å². The third-order valence-electron chi connectivity index (χ3n) is 2.32. The second-order valence-electron chi connectivity index (χ2n) is 3.71. The molecular formula is C13H9Cl2NO3. The summed E-state index contributed by atoms with van der Waals surface area (Å²) in [5, 5.41) is 9.89. The number of pyridine rings is 1. The fraction of sp³-hybridized carbons (Fsp3) is 0.0769. The molecule has 4 nitrogen and oxygen atoms in total. The lowest BCUT2D eigenvalue weighted by Gasteiger charge is -2.08. The van der Waals surface area contributed by atoms with Crippen molar-refractivity contribution in [2.75, 3.05) is 0 Å². The fourth-order valence-corrected chi connectivity index (χ4v) is 2.03. The Labute approximate surface area is 119 Å². The molecule has 6 heteroatoms. The first-order valence-electron chi connectivity index (χ1n) is 5.32. The predicted molar refractivity (Wildman–Crippen MR) is 72.0 cm³/mol. The summed E-state index contributed by atoms with van der Waals surface area (Å²) in [6.45, 7) is 0.0755. The van der Waals surface area contributed by atoms with Crippen LogP contribution in [0.2, 0.25) is 10.0 Å². The van der Waals surface area contributed by atoms with Crippen molar-refractivity contribution in [2.24, 2.45) is 0 Å². The Balaban J connectivity index is 2.16. The van der Waals surface area contributed by atoms with Gasteiger partial charge in [-0.3, -0.25) is 0 Å². The van der Waals surface area contributed by atoms with Gasteiger partial charge in [-0.05, 0) is 24.3 Å². The van der Waals surface area contributed by atoms with Crippen LogP contribution in [0.25, 0.3) is 0 Å². The van der Waals surface area contributed by atoms with E-state index in [-0.39, 0.29) is 12.3 Å². The van der Waals surface area contributed by atoms with Crippen molar-refractivity contribution in [3.63, 3.8) is 0 Å². The standard InChI is InChI=1S/C13H9Cl2NO3/c14-9-4-10(15)6-11(5-9)19-7-8-2-1-3-16-12(8)13(17)18/h1-6H,7H2,(H,17,18). The molecule has 19 heavy (non-hydrogen) atoms. The maximum atomic E-state index is 11.0. The average molecular weight is 298 g/mol. The molecule has 0 bridgehead atoms. The van der Waals surface area contributed by atoms with Crippen LogP contribution in [0.1, 0.15) is 16.1 Å². The van der Waals surface area contributed by atoms with Crippen molar-refractivity contribution in [1.29, 1.82) is 0 Å². The van der Waals surface area contributed by atoms with E-state index in [1.165, 1.54) is 6.20 Å². The SMILES string of the molecule is O=C(O)c1ncccc1COc1cc(Cl)cc(Cl)c1. The molecule has 2 rings (SSSR count). The largest absolute Gasteiger partial charge is 0.489 e. The molecule has 98 valence electrons. The zero-order chi connectivity index (χ0) is 13.8. The minimum Gasteiger partial charge on any atom is -0.489 e. The lowest BCUT2D eigenvalue weighted by atomic mass is 10.2. The number of benzene rings is 1. The summed E-state index contributed by atoms with van der Waals surface area (Å²) < 4.78 is 5.47. The quantitative estimate of drug-likeness (QED) is 0.935. The van der Waals surface area contributed by atoms with Crippen LogP contribution in [0.4, 0.5) is 0 Å². The van der Waals surface area contributed by atoms with Crippen molar-refractivity contribution in [3.05, 3.63) is 57.8 Å². The molecule has 0 amide bonds. The summed E-state index contributed by atoms with van der Waals surface area (Å²) in [7, 11) is 0. The van der Waals surface area contributed by atoms with E-state index in [4.69, 9.17) is 33.0 Å². The van der Waals surface area contributed by atoms with E-state index in [9.17, 15) is 4.79 Å². The number of aromatic nitrogens is 1. The number of halogens is 2. The molecule has 1 N–H and O–H groups in total. The smallest absolute Gasteiger partial charge is 0.354 e. The Hall–Kier alpha value is -1.78. The van der Waals surface area contributed by atoms with Crippen LogP contribution in [0, 0.1) is 0 Å². The number of carboxylic acid groups (broad SMARTS) is 1. The molecule has 2 aromatic rings. The van der Waals surface area contributed by atoms with Crippen LogP contribution in [0.3, 0.4) is 0 Å². The van der Waals surface area contributed by atoms with Gasteiger partial charge in [0.1, 0.15) is 12.4 Å². The number of carbonyl (C=O) groups is 1. The highest BCUT2D eigenvalue weighted by atomic mass is 35.5. The van der Waals surface area contributed by atoms with Gasteiger partial charge in [-0.25, -0.2) is 9.78 Å². The van der Waals surface area contributed by atoms with Crippen LogP contribution in [0.15, 0.2) is 36.5 Å². The van der Waals surface area contributed by atoms with Gasteiger partial charge >= 0.3 is 5.97 Å². The van der Waals surface area contributed by atoms with E-state index in [0.717, 1.165) is 0 Å². The van der Waals surface area contributed by atoms with Crippen molar-refractivity contribution >= 4 is 29.2 Å². The molecule has 0 spiro atoms. The van der Waals surface area contributed by atoms with Gasteiger partial charge in [0.05, 0.1) is 0 Å². The molecule has 0 atom stereocenters. The zero-order valence-electron chi connectivity index (χ0n) is 9.64. The Bertz CT molecular complexity index is 596. The van der Waals surface area contributed by atoms with Crippen LogP contribution in [-0.4, -0.2) is 16.1 Å². The molecule has 1 aromatic heterocycles. The van der Waals surface area contributed by atoms with Gasteiger partial charge in [-0.15, -0.1) is 0 Å². The molecule has 1 aromatic carbocycles. The Kier molecular flexibility index (Phi) is 4.24. The van der Waals surface area contributed by atoms with Gasteiger partial charge < -0.3 is 9.84 Å². The van der Waals surface area contributed by atoms with Crippen molar-refractivity contribution in [3.8, 4) is 5.75 Å². The van der Waals surface area contributed by atoms with E-state index in [2.05, 4.69) is 4.98 Å². The maximum Gasteiger partial charge on any atom is 0.354 e. The third kappa shape index (κ3) is 3.59. The first kappa shape index (κ1) is 13.6. The summed E-state index contributed by atoms with van der Waals surface area (Å²) in [6, 6.07) is 8.08. The molecule has 0 saturated carbocycles. The topological polar surface area (TPSA) is 59.4 Å². The monoisotopic (exact) mass is 297 g/mol. The second kappa shape index (κ2) is 5.91. The molecule has 0 aliphatic heterocycles. The normalized spacial score (nSPS) is 10.2. The summed E-state index contributed by atoms with van der Waals surface area (Å²) in [5.74, 6) is -0.624. The van der Waals surface area contributed by atoms with E-state index in [1.807, 2.05) is 0 Å². The number of hydrogen-bond donors (Lipinski definition) is 1. The van der Waals surface area contributed by atoms with Crippen molar-refractivity contribution in [1.82, 2.24) is 4.98 Å². The van der Waals surface area contributed by atoms with Gasteiger partial charge in [0.2, 0.25) is 0 Å². The van der Waals surface area contributed by atoms with Gasteiger partial charge in [-0.2, -0.15) is 0 Å². The third-order valence-corrected chi connectivity index (χ3v) is 2.76. The Morgan fingerprint density at radius 3 is 2.58 bits per heavy atom. The number of ether oxygens (including phenoxy) is 1. The lowest BCUT2D eigenvalue weighted by Crippen LogP contribution is -2.07. The highest BCUT2D eigenvalue weighted by molar-refractivity contribution is 6.34. The molecule has 0 radical (unpaired) electrons. The molecule has 0 unspecified atom stereocenters. The van der Waals surface area contributed by atoms with Gasteiger partial charge in [0.15, 0.2) is 5.69 Å². The van der Waals surface area contributed by atoms with Crippen LogP contribution in [0.5, 0.6) is 5.75 Å². The summed E-state index contributed by atoms with van der Waals surface area (Å²) in [5.41, 5.74) is 0.446. The number of rotatable bonds is 4. The van der Waals surface area contributed by atoms with Crippen LogP contribution < -0.4 is 4.74 Å². The fourth-order valence-electron chi connectivity index (χ4n) is 1.52.